The summed E-state index contributed by atoms with van der Waals surface area (Å²) < 4.78 is 5.73. The Morgan fingerprint density at radius 1 is 1.25 bits per heavy atom. The molecule has 1 aliphatic heterocycles. The van der Waals surface area contributed by atoms with Gasteiger partial charge >= 0.3 is 0 Å². The molecule has 0 bridgehead atoms. The van der Waals surface area contributed by atoms with Gasteiger partial charge in [0.25, 0.3) is 0 Å². The van der Waals surface area contributed by atoms with Crippen molar-refractivity contribution >= 4 is 0 Å². The van der Waals surface area contributed by atoms with Gasteiger partial charge in [0.15, 0.2) is 0 Å². The van der Waals surface area contributed by atoms with E-state index in [9.17, 15) is 5.11 Å². The molecule has 1 saturated carbocycles. The van der Waals surface area contributed by atoms with Crippen LogP contribution in [0.1, 0.15) is 46.0 Å². The number of aliphatic hydroxyl groups excluding tert-OH is 1. The first-order valence-corrected chi connectivity index (χ1v) is 6.94. The third-order valence-corrected chi connectivity index (χ3v) is 4.64. The first-order valence-electron chi connectivity index (χ1n) is 6.94. The minimum Gasteiger partial charge on any atom is -0.393 e. The highest BCUT2D eigenvalue weighted by molar-refractivity contribution is 4.87. The number of aliphatic hydroxyl groups is 1. The molecule has 1 saturated heterocycles. The monoisotopic (exact) mass is 226 g/mol. The van der Waals surface area contributed by atoms with Crippen LogP contribution in [0.4, 0.5) is 0 Å². The molecule has 2 nitrogen and oxygen atoms in total. The molecular formula is C14H26O2. The van der Waals surface area contributed by atoms with Crippen LogP contribution in [0.2, 0.25) is 0 Å². The summed E-state index contributed by atoms with van der Waals surface area (Å²) in [7, 11) is 0. The quantitative estimate of drug-likeness (QED) is 0.802. The Morgan fingerprint density at radius 3 is 2.81 bits per heavy atom. The fourth-order valence-electron chi connectivity index (χ4n) is 3.69. The van der Waals surface area contributed by atoms with E-state index in [4.69, 9.17) is 4.74 Å². The predicted molar refractivity (Wildman–Crippen MR) is 65.2 cm³/mol. The van der Waals surface area contributed by atoms with Gasteiger partial charge in [0, 0.05) is 13.2 Å². The van der Waals surface area contributed by atoms with Gasteiger partial charge in [-0.15, -0.1) is 0 Å². The summed E-state index contributed by atoms with van der Waals surface area (Å²) in [5.41, 5.74) is 0. The summed E-state index contributed by atoms with van der Waals surface area (Å²) in [6.45, 7) is 6.18. The van der Waals surface area contributed by atoms with Crippen molar-refractivity contribution in [3.8, 4) is 0 Å². The van der Waals surface area contributed by atoms with Crippen LogP contribution >= 0.6 is 0 Å². The van der Waals surface area contributed by atoms with E-state index >= 15 is 0 Å². The highest BCUT2D eigenvalue weighted by Gasteiger charge is 2.38. The van der Waals surface area contributed by atoms with E-state index in [1.54, 1.807) is 0 Å². The van der Waals surface area contributed by atoms with Crippen LogP contribution in [-0.4, -0.2) is 24.4 Å². The second kappa shape index (κ2) is 5.50. The molecule has 0 aromatic rings. The molecule has 0 amide bonds. The van der Waals surface area contributed by atoms with Crippen molar-refractivity contribution < 1.29 is 9.84 Å². The minimum absolute atomic E-state index is 0.137. The summed E-state index contributed by atoms with van der Waals surface area (Å²) >= 11 is 0. The Bertz CT molecular complexity index is 215. The highest BCUT2D eigenvalue weighted by atomic mass is 16.5. The molecule has 0 aromatic carbocycles. The normalized spacial score (nSPS) is 41.4. The van der Waals surface area contributed by atoms with Crippen molar-refractivity contribution in [1.29, 1.82) is 0 Å². The lowest BCUT2D eigenvalue weighted by Crippen LogP contribution is -2.41. The van der Waals surface area contributed by atoms with Gasteiger partial charge in [0.2, 0.25) is 0 Å². The number of ether oxygens (including phenoxy) is 1. The number of hydrogen-bond donors (Lipinski definition) is 1. The van der Waals surface area contributed by atoms with E-state index in [0.29, 0.717) is 0 Å². The van der Waals surface area contributed by atoms with Crippen molar-refractivity contribution in [1.82, 2.24) is 0 Å². The zero-order chi connectivity index (χ0) is 11.5. The first kappa shape index (κ1) is 12.4. The van der Waals surface area contributed by atoms with E-state index in [2.05, 4.69) is 6.92 Å². The lowest BCUT2D eigenvalue weighted by atomic mass is 9.65. The average molecular weight is 226 g/mol. The Labute approximate surface area is 99.4 Å². The van der Waals surface area contributed by atoms with E-state index < -0.39 is 0 Å². The summed E-state index contributed by atoms with van der Waals surface area (Å²) in [6.07, 6.45) is 6.15. The van der Waals surface area contributed by atoms with Crippen LogP contribution < -0.4 is 0 Å². The van der Waals surface area contributed by atoms with E-state index in [1.165, 1.54) is 25.7 Å². The van der Waals surface area contributed by atoms with E-state index in [0.717, 1.165) is 43.3 Å². The Balaban J connectivity index is 1.92. The van der Waals surface area contributed by atoms with Crippen LogP contribution in [-0.2, 0) is 4.74 Å². The summed E-state index contributed by atoms with van der Waals surface area (Å²) in [5, 5.41) is 9.40. The lowest BCUT2D eigenvalue weighted by Gasteiger charge is -2.44. The van der Waals surface area contributed by atoms with Gasteiger partial charge < -0.3 is 9.84 Å². The largest absolute Gasteiger partial charge is 0.393 e. The molecule has 5 unspecified atom stereocenters. The number of fused-ring (bicyclic) bond motifs is 1. The summed E-state index contributed by atoms with van der Waals surface area (Å²) in [5.74, 6) is 3.21. The predicted octanol–water partition coefficient (Wildman–Crippen LogP) is 2.85. The average Bonchev–Trinajstić information content (AvgIpc) is 2.27. The smallest absolute Gasteiger partial charge is 0.0512 e. The lowest BCUT2D eigenvalue weighted by molar-refractivity contribution is -0.0668. The molecule has 1 aliphatic carbocycles. The van der Waals surface area contributed by atoms with Crippen LogP contribution in [0.5, 0.6) is 0 Å². The van der Waals surface area contributed by atoms with E-state index in [1.807, 2.05) is 6.92 Å². The minimum atomic E-state index is -0.137. The van der Waals surface area contributed by atoms with Gasteiger partial charge in [-0.25, -0.2) is 0 Å². The molecule has 94 valence electrons. The molecule has 2 heteroatoms. The molecule has 2 aliphatic rings. The zero-order valence-corrected chi connectivity index (χ0v) is 10.7. The highest BCUT2D eigenvalue weighted by Crippen LogP contribution is 2.43. The van der Waals surface area contributed by atoms with Gasteiger partial charge in [-0.3, -0.25) is 0 Å². The maximum atomic E-state index is 9.40. The van der Waals surface area contributed by atoms with Crippen LogP contribution in [0, 0.1) is 23.7 Å². The Morgan fingerprint density at radius 2 is 2.06 bits per heavy atom. The summed E-state index contributed by atoms with van der Waals surface area (Å²) in [4.78, 5) is 0. The Kier molecular flexibility index (Phi) is 4.26. The molecule has 2 fully saturated rings. The van der Waals surface area contributed by atoms with Crippen LogP contribution in [0.3, 0.4) is 0 Å². The maximum Gasteiger partial charge on any atom is 0.0512 e. The van der Waals surface area contributed by atoms with Crippen LogP contribution in [0.25, 0.3) is 0 Å². The molecule has 1 N–H and O–H groups in total. The van der Waals surface area contributed by atoms with Gasteiger partial charge in [0.05, 0.1) is 6.10 Å². The molecule has 0 aromatic heterocycles. The second-order valence-electron chi connectivity index (χ2n) is 5.96. The summed E-state index contributed by atoms with van der Waals surface area (Å²) in [6, 6.07) is 0. The second-order valence-corrected chi connectivity index (χ2v) is 5.96. The Hall–Kier alpha value is -0.0800. The molecule has 5 atom stereocenters. The van der Waals surface area contributed by atoms with Gasteiger partial charge in [-0.1, -0.05) is 19.8 Å². The van der Waals surface area contributed by atoms with Gasteiger partial charge in [-0.05, 0) is 49.9 Å². The fourth-order valence-corrected chi connectivity index (χ4v) is 3.69. The van der Waals surface area contributed by atoms with Crippen molar-refractivity contribution in [2.45, 2.75) is 52.1 Å². The standard InChI is InChI=1S/C14H26O2/c1-10-8-16-9-14-12(7-6-11(2)15)4-3-5-13(10)14/h10-15H,3-9H2,1-2H3. The van der Waals surface area contributed by atoms with Crippen molar-refractivity contribution in [2.24, 2.45) is 23.7 Å². The molecule has 1 heterocycles. The topological polar surface area (TPSA) is 29.5 Å². The molecule has 0 spiro atoms. The SMILES string of the molecule is CC(O)CCC1CCCC2C(C)COCC12. The first-order chi connectivity index (χ1) is 7.68. The van der Waals surface area contributed by atoms with Gasteiger partial charge in [0.1, 0.15) is 0 Å². The molecule has 16 heavy (non-hydrogen) atoms. The van der Waals surface area contributed by atoms with E-state index in [-0.39, 0.29) is 6.10 Å². The third-order valence-electron chi connectivity index (χ3n) is 4.64. The third kappa shape index (κ3) is 2.78. The van der Waals surface area contributed by atoms with Crippen molar-refractivity contribution in [2.75, 3.05) is 13.2 Å². The number of hydrogen-bond acceptors (Lipinski definition) is 2. The van der Waals surface area contributed by atoms with Crippen molar-refractivity contribution in [3.05, 3.63) is 0 Å². The maximum absolute atomic E-state index is 9.40. The molecule has 2 rings (SSSR count). The molecular weight excluding hydrogens is 200 g/mol. The van der Waals surface area contributed by atoms with Crippen molar-refractivity contribution in [3.63, 3.8) is 0 Å². The zero-order valence-electron chi connectivity index (χ0n) is 10.7. The van der Waals surface area contributed by atoms with Gasteiger partial charge in [-0.2, -0.15) is 0 Å². The fraction of sp³-hybridized carbons (Fsp3) is 1.00. The molecule has 0 radical (unpaired) electrons. The van der Waals surface area contributed by atoms with Crippen LogP contribution in [0.15, 0.2) is 0 Å². The number of rotatable bonds is 3.